The minimum Gasteiger partial charge on any atom is -0.504 e. The summed E-state index contributed by atoms with van der Waals surface area (Å²) in [6, 6.07) is 25.0. The van der Waals surface area contributed by atoms with Crippen LogP contribution in [0.1, 0.15) is 35.8 Å². The number of anilines is 2. The molecule has 0 bridgehead atoms. The van der Waals surface area contributed by atoms with Crippen LogP contribution in [0.5, 0.6) is 11.6 Å². The Kier molecular flexibility index (Phi) is 8.78. The molecule has 1 saturated carbocycles. The molecule has 1 aliphatic rings. The highest BCUT2D eigenvalue weighted by Crippen LogP contribution is 2.49. The van der Waals surface area contributed by atoms with E-state index in [2.05, 4.69) is 15.6 Å². The number of nitrogens with one attached hydrogen (secondary N) is 3. The highest BCUT2D eigenvalue weighted by atomic mass is 32.2. The Bertz CT molecular complexity index is 1620. The zero-order valence-corrected chi connectivity index (χ0v) is 24.3. The molecule has 0 unspecified atom stereocenters. The fraction of sp³-hybridized carbons (Fsp3) is 0.182. The average molecular weight is 580 g/mol. The van der Waals surface area contributed by atoms with Crippen molar-refractivity contribution in [1.29, 1.82) is 5.41 Å². The summed E-state index contributed by atoms with van der Waals surface area (Å²) in [5.74, 6) is -0.547. The van der Waals surface area contributed by atoms with Crippen LogP contribution in [0.4, 0.5) is 11.4 Å². The first kappa shape index (κ1) is 28.8. The Labute approximate surface area is 249 Å². The number of carbonyl (C=O) groups excluding carboxylic acids is 1. The lowest BCUT2D eigenvalue weighted by Crippen LogP contribution is -2.25. The van der Waals surface area contributed by atoms with Crippen molar-refractivity contribution in [2.75, 3.05) is 18.5 Å². The number of hydrogen-bond donors (Lipinski definition) is 5. The average Bonchev–Trinajstić information content (AvgIpc) is 3.84. The predicted octanol–water partition coefficient (Wildman–Crippen LogP) is 6.57. The van der Waals surface area contributed by atoms with E-state index in [1.54, 1.807) is 13.2 Å². The summed E-state index contributed by atoms with van der Waals surface area (Å²) >= 11 is 1.19. The number of pyridine rings is 1. The Hall–Kier alpha value is -4.76. The van der Waals surface area contributed by atoms with E-state index in [1.807, 2.05) is 90.7 Å². The molecular weight excluding hydrogens is 546 g/mol. The topological polar surface area (TPSA) is 122 Å². The number of aromatic hydroxyl groups is 2. The number of rotatable bonds is 11. The maximum atomic E-state index is 12.8. The van der Waals surface area contributed by atoms with Gasteiger partial charge < -0.3 is 31.2 Å². The fourth-order valence-electron chi connectivity index (χ4n) is 4.74. The molecule has 5 rings (SSSR count). The van der Waals surface area contributed by atoms with Crippen LogP contribution in [0, 0.1) is 5.41 Å². The van der Waals surface area contributed by atoms with Gasteiger partial charge in [0.05, 0.1) is 0 Å². The van der Waals surface area contributed by atoms with E-state index in [0.29, 0.717) is 23.4 Å². The van der Waals surface area contributed by atoms with Crippen LogP contribution in [0.3, 0.4) is 0 Å². The number of allylic oxidation sites excluding steroid dienone is 1. The van der Waals surface area contributed by atoms with Gasteiger partial charge in [-0.15, -0.1) is 0 Å². The SMILES string of the molecule is CCN(c1ccccc1)c1c(/C(C=N)=C/NC)nc(O)c(Sc2ccc(-c3ccccc3C(=O)NC3CC3)cc2)c1O. The van der Waals surface area contributed by atoms with E-state index < -0.39 is 0 Å². The summed E-state index contributed by atoms with van der Waals surface area (Å²) in [4.78, 5) is 20.2. The molecule has 4 aromatic rings. The van der Waals surface area contributed by atoms with Gasteiger partial charge in [0.1, 0.15) is 16.3 Å². The second-order valence-electron chi connectivity index (χ2n) is 9.84. The maximum Gasteiger partial charge on any atom is 0.252 e. The molecule has 3 aromatic carbocycles. The molecule has 1 heterocycles. The molecular formula is C33H33N5O3S. The van der Waals surface area contributed by atoms with Gasteiger partial charge in [-0.25, -0.2) is 4.98 Å². The van der Waals surface area contributed by atoms with Gasteiger partial charge in [0.2, 0.25) is 5.88 Å². The molecule has 0 atom stereocenters. The van der Waals surface area contributed by atoms with Crippen molar-refractivity contribution in [3.63, 3.8) is 0 Å². The number of nitrogens with zero attached hydrogens (tertiary/aromatic N) is 2. The number of hydrogen-bond acceptors (Lipinski definition) is 8. The van der Waals surface area contributed by atoms with E-state index >= 15 is 0 Å². The Morgan fingerprint density at radius 2 is 1.74 bits per heavy atom. The lowest BCUT2D eigenvalue weighted by molar-refractivity contribution is 0.0951. The van der Waals surface area contributed by atoms with Gasteiger partial charge in [-0.05, 0) is 61.2 Å². The third-order valence-electron chi connectivity index (χ3n) is 6.94. The number of para-hydroxylation sites is 1. The third kappa shape index (κ3) is 6.11. The molecule has 1 aromatic heterocycles. The maximum absolute atomic E-state index is 12.8. The number of carbonyl (C=O) groups is 1. The minimum absolute atomic E-state index is 0.0735. The summed E-state index contributed by atoms with van der Waals surface area (Å²) in [6.07, 6.45) is 4.78. The van der Waals surface area contributed by atoms with Gasteiger partial charge in [-0.1, -0.05) is 60.3 Å². The zero-order valence-electron chi connectivity index (χ0n) is 23.5. The van der Waals surface area contributed by atoms with Gasteiger partial charge in [0.15, 0.2) is 5.75 Å². The van der Waals surface area contributed by atoms with Crippen molar-refractivity contribution < 1.29 is 15.0 Å². The second kappa shape index (κ2) is 12.8. The largest absolute Gasteiger partial charge is 0.504 e. The molecule has 8 nitrogen and oxygen atoms in total. The monoisotopic (exact) mass is 579 g/mol. The summed E-state index contributed by atoms with van der Waals surface area (Å²) in [7, 11) is 1.71. The Morgan fingerprint density at radius 1 is 1.05 bits per heavy atom. The van der Waals surface area contributed by atoms with Crippen LogP contribution in [0.2, 0.25) is 0 Å². The zero-order chi connectivity index (χ0) is 29.6. The fourth-order valence-corrected chi connectivity index (χ4v) is 5.58. The first-order valence-corrected chi connectivity index (χ1v) is 14.6. The predicted molar refractivity (Wildman–Crippen MR) is 169 cm³/mol. The molecule has 5 N–H and O–H groups in total. The molecule has 42 heavy (non-hydrogen) atoms. The van der Waals surface area contributed by atoms with Crippen molar-refractivity contribution in [1.82, 2.24) is 15.6 Å². The van der Waals surface area contributed by atoms with Gasteiger partial charge in [-0.2, -0.15) is 0 Å². The lowest BCUT2D eigenvalue weighted by Gasteiger charge is -2.27. The minimum atomic E-state index is -0.338. The third-order valence-corrected chi connectivity index (χ3v) is 8.02. The standard InChI is InChI=1S/C33H33N5O3S/c1-3-38(24-9-5-4-6-10-24)29-28(22(19-34)20-35-2)37-33(41)31(30(29)39)42-25-17-13-21(14-18-25)26-11-7-8-12-27(26)32(40)36-23-15-16-23/h4-14,17-20,23,34-35H,3,15-16H2,1-2H3,(H,36,40)(H2,37,39,41)/b22-20+,34-19?. The van der Waals surface area contributed by atoms with Crippen molar-refractivity contribution in [3.05, 3.63) is 96.3 Å². The summed E-state index contributed by atoms with van der Waals surface area (Å²) in [5.41, 5.74) is 4.25. The van der Waals surface area contributed by atoms with E-state index in [4.69, 9.17) is 5.41 Å². The van der Waals surface area contributed by atoms with Gasteiger partial charge >= 0.3 is 0 Å². The van der Waals surface area contributed by atoms with Crippen LogP contribution in [-0.2, 0) is 0 Å². The van der Waals surface area contributed by atoms with Crippen molar-refractivity contribution in [2.24, 2.45) is 0 Å². The molecule has 0 aliphatic heterocycles. The van der Waals surface area contributed by atoms with Gasteiger partial charge in [0.25, 0.3) is 5.91 Å². The van der Waals surface area contributed by atoms with Crippen LogP contribution in [0.15, 0.2) is 94.9 Å². The molecule has 214 valence electrons. The highest BCUT2D eigenvalue weighted by molar-refractivity contribution is 7.99. The summed E-state index contributed by atoms with van der Waals surface area (Å²) in [5, 5.41) is 36.6. The number of aromatic nitrogens is 1. The van der Waals surface area contributed by atoms with E-state index in [0.717, 1.165) is 40.8 Å². The van der Waals surface area contributed by atoms with Gasteiger partial charge in [0, 0.05) is 53.8 Å². The van der Waals surface area contributed by atoms with Crippen LogP contribution in [-0.4, -0.2) is 47.0 Å². The summed E-state index contributed by atoms with van der Waals surface area (Å²) in [6.45, 7) is 2.47. The molecule has 0 spiro atoms. The number of amides is 1. The quantitative estimate of drug-likeness (QED) is 0.127. The normalized spacial score (nSPS) is 13.0. The van der Waals surface area contributed by atoms with E-state index in [9.17, 15) is 15.0 Å². The molecule has 1 aliphatic carbocycles. The van der Waals surface area contributed by atoms with E-state index in [-0.39, 0.29) is 34.2 Å². The Morgan fingerprint density at radius 3 is 2.38 bits per heavy atom. The van der Waals surface area contributed by atoms with Crippen LogP contribution in [0.25, 0.3) is 16.7 Å². The Balaban J connectivity index is 1.52. The van der Waals surface area contributed by atoms with Crippen molar-refractivity contribution in [3.8, 4) is 22.8 Å². The van der Waals surface area contributed by atoms with Crippen molar-refractivity contribution in [2.45, 2.75) is 35.6 Å². The van der Waals surface area contributed by atoms with Crippen LogP contribution >= 0.6 is 11.8 Å². The lowest BCUT2D eigenvalue weighted by atomic mass is 9.99. The summed E-state index contributed by atoms with van der Waals surface area (Å²) < 4.78 is 0. The number of benzene rings is 3. The second-order valence-corrected chi connectivity index (χ2v) is 10.9. The van der Waals surface area contributed by atoms with Gasteiger partial charge in [-0.3, -0.25) is 4.79 Å². The van der Waals surface area contributed by atoms with E-state index in [1.165, 1.54) is 11.8 Å². The smallest absolute Gasteiger partial charge is 0.252 e. The molecule has 0 radical (unpaired) electrons. The molecule has 9 heteroatoms. The highest BCUT2D eigenvalue weighted by Gasteiger charge is 2.27. The van der Waals surface area contributed by atoms with Crippen LogP contribution < -0.4 is 15.5 Å². The molecule has 1 fully saturated rings. The van der Waals surface area contributed by atoms with Crippen molar-refractivity contribution >= 4 is 40.8 Å². The molecule has 0 saturated heterocycles. The first-order valence-electron chi connectivity index (χ1n) is 13.8. The first-order chi connectivity index (χ1) is 20.4. The molecule has 1 amide bonds.